The molecule has 1 saturated carbocycles. The van der Waals surface area contributed by atoms with E-state index in [1.54, 1.807) is 6.08 Å². The van der Waals surface area contributed by atoms with Crippen molar-refractivity contribution in [3.05, 3.63) is 36.5 Å². The molecule has 232 valence electrons. The van der Waals surface area contributed by atoms with Crippen molar-refractivity contribution in [2.75, 3.05) is 33.7 Å². The lowest BCUT2D eigenvalue weighted by molar-refractivity contribution is -0.136. The molecule has 7 nitrogen and oxygen atoms in total. The topological polar surface area (TPSA) is 76.5 Å². The van der Waals surface area contributed by atoms with Crippen LogP contribution < -0.4 is 0 Å². The molecule has 1 aliphatic heterocycles. The van der Waals surface area contributed by atoms with Gasteiger partial charge in [0.15, 0.2) is 5.84 Å². The fourth-order valence-corrected chi connectivity index (χ4v) is 6.10. The molecule has 7 heteroatoms. The van der Waals surface area contributed by atoms with Gasteiger partial charge in [0.1, 0.15) is 5.66 Å². The highest BCUT2D eigenvalue weighted by Gasteiger charge is 2.53. The van der Waals surface area contributed by atoms with Crippen LogP contribution in [0, 0.1) is 17.3 Å². The van der Waals surface area contributed by atoms with Crippen molar-refractivity contribution in [3.8, 4) is 0 Å². The van der Waals surface area contributed by atoms with Crippen LogP contribution in [-0.2, 0) is 9.59 Å². The number of carboxylic acids is 1. The van der Waals surface area contributed by atoms with E-state index < -0.39 is 11.6 Å². The monoisotopic (exact) mass is 570 g/mol. The number of aliphatic imine (C=N–C) groups is 1. The molecule has 0 saturated heterocycles. The Morgan fingerprint density at radius 3 is 2.29 bits per heavy atom. The van der Waals surface area contributed by atoms with E-state index in [0.29, 0.717) is 23.2 Å². The zero-order chi connectivity index (χ0) is 31.0. The summed E-state index contributed by atoms with van der Waals surface area (Å²) < 4.78 is 0. The molecule has 1 N–H and O–H groups in total. The molecule has 0 radical (unpaired) electrons. The SMILES string of the molecule is C=C(/C=C\C(=C)C(CCC(C)C)N1C(=O)C(N(C)CCN(C)CCCC)=NC12CCC(C(C)(C)C)CC2)CC(=O)O. The van der Waals surface area contributed by atoms with Crippen molar-refractivity contribution in [3.63, 3.8) is 0 Å². The summed E-state index contributed by atoms with van der Waals surface area (Å²) in [6.07, 6.45) is 11.3. The molecule has 0 aromatic carbocycles. The third kappa shape index (κ3) is 9.83. The van der Waals surface area contributed by atoms with Crippen molar-refractivity contribution >= 4 is 17.7 Å². The predicted molar refractivity (Wildman–Crippen MR) is 171 cm³/mol. The van der Waals surface area contributed by atoms with Gasteiger partial charge in [0.05, 0.1) is 12.5 Å². The number of hydrogen-bond donors (Lipinski definition) is 1. The van der Waals surface area contributed by atoms with Crippen molar-refractivity contribution in [2.45, 2.75) is 111 Å². The van der Waals surface area contributed by atoms with Gasteiger partial charge in [0.2, 0.25) is 0 Å². The Kier molecular flexibility index (Phi) is 12.9. The molecule has 1 unspecified atom stereocenters. The van der Waals surface area contributed by atoms with Crippen LogP contribution in [-0.4, -0.2) is 83.0 Å². The zero-order valence-corrected chi connectivity index (χ0v) is 27.3. The molecule has 1 amide bonds. The molecular weight excluding hydrogens is 512 g/mol. The van der Waals surface area contributed by atoms with Crippen LogP contribution in [0.2, 0.25) is 0 Å². The summed E-state index contributed by atoms with van der Waals surface area (Å²) in [6, 6.07) is -0.216. The van der Waals surface area contributed by atoms with Crippen LogP contribution in [0.1, 0.15) is 99.3 Å². The van der Waals surface area contributed by atoms with Gasteiger partial charge >= 0.3 is 5.97 Å². The number of carboxylic acid groups (broad SMARTS) is 1. The first-order valence-corrected chi connectivity index (χ1v) is 15.7. The van der Waals surface area contributed by atoms with Crippen molar-refractivity contribution in [2.24, 2.45) is 22.2 Å². The lowest BCUT2D eigenvalue weighted by atomic mass is 9.69. The Labute approximate surface area is 250 Å². The zero-order valence-electron chi connectivity index (χ0n) is 27.3. The van der Waals surface area contributed by atoms with E-state index >= 15 is 0 Å². The predicted octanol–water partition coefficient (Wildman–Crippen LogP) is 6.77. The maximum Gasteiger partial charge on any atom is 0.307 e. The summed E-state index contributed by atoms with van der Waals surface area (Å²) in [4.78, 5) is 37.3. The molecule has 1 atom stereocenters. The lowest BCUT2D eigenvalue weighted by Gasteiger charge is -2.47. The number of carbonyl (C=O) groups is 2. The average Bonchev–Trinajstić information content (AvgIpc) is 3.15. The molecule has 1 heterocycles. The van der Waals surface area contributed by atoms with E-state index in [2.05, 4.69) is 76.4 Å². The number of allylic oxidation sites excluding steroid dienone is 1. The summed E-state index contributed by atoms with van der Waals surface area (Å²) in [5, 5.41) is 9.16. The Hall–Kier alpha value is -2.41. The van der Waals surface area contributed by atoms with E-state index in [9.17, 15) is 9.59 Å². The molecule has 0 bridgehead atoms. The summed E-state index contributed by atoms with van der Waals surface area (Å²) in [5.41, 5.74) is 0.960. The second kappa shape index (κ2) is 15.2. The van der Waals surface area contributed by atoms with Gasteiger partial charge < -0.3 is 19.8 Å². The van der Waals surface area contributed by atoms with Gasteiger partial charge in [0.25, 0.3) is 5.91 Å². The second-order valence-electron chi connectivity index (χ2n) is 13.9. The number of rotatable bonds is 15. The lowest BCUT2D eigenvalue weighted by Crippen LogP contribution is -2.55. The van der Waals surface area contributed by atoms with E-state index in [4.69, 9.17) is 10.1 Å². The Morgan fingerprint density at radius 1 is 1.12 bits per heavy atom. The molecule has 1 fully saturated rings. The van der Waals surface area contributed by atoms with Gasteiger partial charge in [0, 0.05) is 20.1 Å². The van der Waals surface area contributed by atoms with E-state index in [0.717, 1.165) is 76.6 Å². The summed E-state index contributed by atoms with van der Waals surface area (Å²) in [6.45, 7) is 24.5. The normalized spacial score (nSPS) is 22.2. The minimum atomic E-state index is -0.910. The number of likely N-dealkylation sites (N-methyl/N-ethyl adjacent to an activating group) is 2. The van der Waals surface area contributed by atoms with E-state index in [-0.39, 0.29) is 23.8 Å². The van der Waals surface area contributed by atoms with Crippen molar-refractivity contribution in [1.82, 2.24) is 14.7 Å². The molecule has 1 aliphatic carbocycles. The highest BCUT2D eigenvalue weighted by Crippen LogP contribution is 2.48. The highest BCUT2D eigenvalue weighted by molar-refractivity contribution is 6.39. The molecule has 2 rings (SSSR count). The average molecular weight is 571 g/mol. The standard InChI is InChI=1S/C34H58N4O3/c1-11-12-21-36(9)22-23-37(10)31-32(41)38(34(35-31)19-17-28(18-20-34)33(6,7)8)29(16-13-25(2)3)27(5)15-14-26(4)24-30(39)40/h14-15,25,28-29H,4-5,11-13,16-24H2,1-3,6-10H3,(H,39,40)/b15-14-. The highest BCUT2D eigenvalue weighted by atomic mass is 16.4. The van der Waals surface area contributed by atoms with Crippen LogP contribution in [0.25, 0.3) is 0 Å². The first-order chi connectivity index (χ1) is 19.1. The van der Waals surface area contributed by atoms with Gasteiger partial charge in [-0.1, -0.05) is 73.3 Å². The van der Waals surface area contributed by atoms with E-state index in [1.807, 2.05) is 13.1 Å². The van der Waals surface area contributed by atoms with Gasteiger partial charge in [-0.05, 0) is 86.9 Å². The van der Waals surface area contributed by atoms with Gasteiger partial charge in [-0.25, -0.2) is 4.99 Å². The first-order valence-electron chi connectivity index (χ1n) is 15.7. The fraction of sp³-hybridized carbons (Fsp3) is 0.735. The number of amides is 1. The van der Waals surface area contributed by atoms with Crippen LogP contribution >= 0.6 is 0 Å². The molecular formula is C34H58N4O3. The number of hydrogen-bond acceptors (Lipinski definition) is 5. The third-order valence-electron chi connectivity index (χ3n) is 8.92. The van der Waals surface area contributed by atoms with Crippen LogP contribution in [0.15, 0.2) is 41.4 Å². The smallest absolute Gasteiger partial charge is 0.307 e. The van der Waals surface area contributed by atoms with Gasteiger partial charge in [-0.2, -0.15) is 0 Å². The maximum atomic E-state index is 14.4. The minimum Gasteiger partial charge on any atom is -0.481 e. The Bertz CT molecular complexity index is 982. The maximum absolute atomic E-state index is 14.4. The molecule has 0 aromatic heterocycles. The van der Waals surface area contributed by atoms with Crippen molar-refractivity contribution < 1.29 is 14.7 Å². The summed E-state index contributed by atoms with van der Waals surface area (Å²) in [5.74, 6) is 0.705. The van der Waals surface area contributed by atoms with Crippen molar-refractivity contribution in [1.29, 1.82) is 0 Å². The molecule has 1 spiro atoms. The third-order valence-corrected chi connectivity index (χ3v) is 8.92. The number of amidine groups is 1. The van der Waals surface area contributed by atoms with Gasteiger partial charge in [-0.3, -0.25) is 9.59 Å². The second-order valence-corrected chi connectivity index (χ2v) is 13.9. The molecule has 2 aliphatic rings. The quantitative estimate of drug-likeness (QED) is 0.220. The van der Waals surface area contributed by atoms with Crippen LogP contribution in [0.4, 0.5) is 0 Å². The summed E-state index contributed by atoms with van der Waals surface area (Å²) >= 11 is 0. The Balaban J connectivity index is 2.42. The largest absolute Gasteiger partial charge is 0.481 e. The number of unbranched alkanes of at least 4 members (excludes halogenated alkanes) is 1. The van der Waals surface area contributed by atoms with E-state index in [1.165, 1.54) is 0 Å². The Morgan fingerprint density at radius 2 is 1.76 bits per heavy atom. The van der Waals surface area contributed by atoms with Crippen LogP contribution in [0.5, 0.6) is 0 Å². The fourth-order valence-electron chi connectivity index (χ4n) is 6.10. The number of aliphatic carboxylic acids is 1. The number of nitrogens with zero attached hydrogens (tertiary/aromatic N) is 4. The molecule has 41 heavy (non-hydrogen) atoms. The van der Waals surface area contributed by atoms with Gasteiger partial charge in [-0.15, -0.1) is 0 Å². The molecule has 0 aromatic rings. The first kappa shape index (κ1) is 34.8. The number of carbonyl (C=O) groups excluding carboxylic acids is 1. The minimum absolute atomic E-state index is 0.00871. The summed E-state index contributed by atoms with van der Waals surface area (Å²) in [7, 11) is 4.13. The van der Waals surface area contributed by atoms with Crippen LogP contribution in [0.3, 0.4) is 0 Å².